The fourth-order valence-electron chi connectivity index (χ4n) is 3.96. The van der Waals surface area contributed by atoms with Gasteiger partial charge in [0.05, 0.1) is 25.4 Å². The first-order valence-electron chi connectivity index (χ1n) is 10.5. The minimum atomic E-state index is -0.739. The molecule has 1 saturated carbocycles. The van der Waals surface area contributed by atoms with E-state index in [0.717, 1.165) is 45.3 Å². The number of aliphatic hydroxyl groups is 1. The number of rotatable bonds is 11. The van der Waals surface area contributed by atoms with Crippen molar-refractivity contribution in [2.45, 2.75) is 75.7 Å². The molecule has 3 unspecified atom stereocenters. The molecule has 0 radical (unpaired) electrons. The molecule has 27 heavy (non-hydrogen) atoms. The van der Waals surface area contributed by atoms with E-state index >= 15 is 0 Å². The largest absolute Gasteiger partial charge is 0.390 e. The molecule has 2 rings (SSSR count). The summed E-state index contributed by atoms with van der Waals surface area (Å²) in [6, 6.07) is 0.237. The Morgan fingerprint density at radius 2 is 1.70 bits per heavy atom. The van der Waals surface area contributed by atoms with E-state index in [1.807, 2.05) is 0 Å². The van der Waals surface area contributed by atoms with Gasteiger partial charge in [-0.2, -0.15) is 0 Å². The van der Waals surface area contributed by atoms with Gasteiger partial charge in [0.15, 0.2) is 6.10 Å². The van der Waals surface area contributed by atoms with Crippen molar-refractivity contribution in [1.82, 2.24) is 10.2 Å². The van der Waals surface area contributed by atoms with Crippen LogP contribution in [-0.4, -0.2) is 87.3 Å². The number of ether oxygens (including phenoxy) is 3. The lowest BCUT2D eigenvalue weighted by molar-refractivity contribution is -0.159. The Morgan fingerprint density at radius 1 is 1.04 bits per heavy atom. The minimum absolute atomic E-state index is 0.00287. The Kier molecular flexibility index (Phi) is 10.6. The van der Waals surface area contributed by atoms with Crippen LogP contribution in [0.3, 0.4) is 0 Å². The second-order valence-electron chi connectivity index (χ2n) is 7.78. The van der Waals surface area contributed by atoms with Crippen molar-refractivity contribution < 1.29 is 24.1 Å². The van der Waals surface area contributed by atoms with Gasteiger partial charge in [0.2, 0.25) is 0 Å². The molecule has 0 spiro atoms. The Morgan fingerprint density at radius 3 is 2.33 bits per heavy atom. The number of hydrogen-bond donors (Lipinski definition) is 2. The van der Waals surface area contributed by atoms with Gasteiger partial charge < -0.3 is 24.6 Å². The number of aliphatic hydroxyl groups excluding tert-OH is 1. The van der Waals surface area contributed by atoms with E-state index in [1.54, 1.807) is 14.2 Å². The van der Waals surface area contributed by atoms with Crippen LogP contribution in [0.25, 0.3) is 0 Å². The molecule has 0 aromatic heterocycles. The Labute approximate surface area is 163 Å². The lowest BCUT2D eigenvalue weighted by Crippen LogP contribution is -2.52. The van der Waals surface area contributed by atoms with E-state index in [2.05, 4.69) is 10.2 Å². The van der Waals surface area contributed by atoms with Crippen molar-refractivity contribution in [3.05, 3.63) is 0 Å². The quantitative estimate of drug-likeness (QED) is 0.558. The van der Waals surface area contributed by atoms with E-state index < -0.39 is 12.2 Å². The van der Waals surface area contributed by atoms with Crippen LogP contribution in [0, 0.1) is 0 Å². The third-order valence-electron chi connectivity index (χ3n) is 5.67. The number of amides is 1. The average molecular weight is 387 g/mol. The van der Waals surface area contributed by atoms with Crippen LogP contribution in [0.5, 0.6) is 0 Å². The molecule has 0 bridgehead atoms. The molecule has 0 aromatic rings. The maximum atomic E-state index is 12.6. The van der Waals surface area contributed by atoms with Crippen LogP contribution in [0.1, 0.15) is 51.4 Å². The summed E-state index contributed by atoms with van der Waals surface area (Å²) in [5, 5.41) is 13.4. The molecule has 1 heterocycles. The molecule has 1 aliphatic heterocycles. The third kappa shape index (κ3) is 8.03. The van der Waals surface area contributed by atoms with Gasteiger partial charge in [-0.05, 0) is 32.1 Å². The average Bonchev–Trinajstić information content (AvgIpc) is 2.69. The first kappa shape index (κ1) is 22.6. The molecule has 3 atom stereocenters. The summed E-state index contributed by atoms with van der Waals surface area (Å²) in [5.41, 5.74) is 0. The molecular formula is C20H38N2O5. The summed E-state index contributed by atoms with van der Waals surface area (Å²) in [6.07, 6.45) is 6.45. The number of nitrogens with zero attached hydrogens (tertiary/aromatic N) is 1. The van der Waals surface area contributed by atoms with Crippen LogP contribution in [0.2, 0.25) is 0 Å². The number of nitrogens with one attached hydrogen (secondary N) is 1. The molecular weight excluding hydrogens is 348 g/mol. The second-order valence-corrected chi connectivity index (χ2v) is 7.78. The normalized spacial score (nSPS) is 27.0. The SMILES string of the molecule is COCCN(CCOC)CCC1CCC(O)C(C(=O)NC2CCCCC2)O1. The van der Waals surface area contributed by atoms with E-state index in [9.17, 15) is 9.90 Å². The fourth-order valence-corrected chi connectivity index (χ4v) is 3.96. The molecule has 1 amide bonds. The van der Waals surface area contributed by atoms with Crippen LogP contribution >= 0.6 is 0 Å². The van der Waals surface area contributed by atoms with Gasteiger partial charge in [0, 0.05) is 39.9 Å². The highest BCUT2D eigenvalue weighted by Gasteiger charge is 2.36. The van der Waals surface area contributed by atoms with Gasteiger partial charge in [-0.1, -0.05) is 19.3 Å². The predicted molar refractivity (Wildman–Crippen MR) is 104 cm³/mol. The monoisotopic (exact) mass is 386 g/mol. The highest BCUT2D eigenvalue weighted by atomic mass is 16.5. The van der Waals surface area contributed by atoms with E-state index in [-0.39, 0.29) is 18.1 Å². The highest BCUT2D eigenvalue weighted by Crippen LogP contribution is 2.24. The van der Waals surface area contributed by atoms with Crippen molar-refractivity contribution in [3.63, 3.8) is 0 Å². The zero-order chi connectivity index (χ0) is 19.5. The van der Waals surface area contributed by atoms with E-state index in [1.165, 1.54) is 19.3 Å². The summed E-state index contributed by atoms with van der Waals surface area (Å²) in [6.45, 7) is 3.92. The van der Waals surface area contributed by atoms with Gasteiger partial charge in [0.25, 0.3) is 5.91 Å². The zero-order valence-electron chi connectivity index (χ0n) is 17.0. The molecule has 158 valence electrons. The van der Waals surface area contributed by atoms with Crippen LogP contribution < -0.4 is 5.32 Å². The van der Waals surface area contributed by atoms with Crippen LogP contribution in [0.4, 0.5) is 0 Å². The van der Waals surface area contributed by atoms with Gasteiger partial charge in [-0.15, -0.1) is 0 Å². The Balaban J connectivity index is 1.79. The lowest BCUT2D eigenvalue weighted by Gasteiger charge is -2.35. The number of methoxy groups -OCH3 is 2. The summed E-state index contributed by atoms with van der Waals surface area (Å²) < 4.78 is 16.4. The predicted octanol–water partition coefficient (Wildman–Crippen LogP) is 1.33. The van der Waals surface area contributed by atoms with Gasteiger partial charge in [-0.3, -0.25) is 9.69 Å². The van der Waals surface area contributed by atoms with Crippen molar-refractivity contribution >= 4 is 5.91 Å². The molecule has 1 saturated heterocycles. The summed E-state index contributed by atoms with van der Waals surface area (Å²) in [5.74, 6) is -0.144. The maximum absolute atomic E-state index is 12.6. The maximum Gasteiger partial charge on any atom is 0.252 e. The Hall–Kier alpha value is -0.730. The summed E-state index contributed by atoms with van der Waals surface area (Å²) >= 11 is 0. The highest BCUT2D eigenvalue weighted by molar-refractivity contribution is 5.81. The van der Waals surface area contributed by atoms with Gasteiger partial charge in [-0.25, -0.2) is 0 Å². The lowest BCUT2D eigenvalue weighted by atomic mass is 9.94. The Bertz CT molecular complexity index is 409. The molecule has 2 N–H and O–H groups in total. The molecule has 2 aliphatic rings. The summed E-state index contributed by atoms with van der Waals surface area (Å²) in [4.78, 5) is 14.9. The van der Waals surface area contributed by atoms with Crippen molar-refractivity contribution in [3.8, 4) is 0 Å². The number of carbonyl (C=O) groups excluding carboxylic acids is 1. The van der Waals surface area contributed by atoms with Gasteiger partial charge in [0.1, 0.15) is 0 Å². The van der Waals surface area contributed by atoms with Crippen LogP contribution in [0.15, 0.2) is 0 Å². The van der Waals surface area contributed by atoms with Gasteiger partial charge >= 0.3 is 0 Å². The fraction of sp³-hybridized carbons (Fsp3) is 0.950. The van der Waals surface area contributed by atoms with Crippen molar-refractivity contribution in [1.29, 1.82) is 0 Å². The first-order valence-corrected chi connectivity index (χ1v) is 10.5. The van der Waals surface area contributed by atoms with E-state index in [0.29, 0.717) is 19.6 Å². The number of carbonyl (C=O) groups is 1. The van der Waals surface area contributed by atoms with Crippen LogP contribution in [-0.2, 0) is 19.0 Å². The molecule has 0 aromatic carbocycles. The first-order chi connectivity index (χ1) is 13.1. The van der Waals surface area contributed by atoms with E-state index in [4.69, 9.17) is 14.2 Å². The second kappa shape index (κ2) is 12.7. The standard InChI is InChI=1S/C20H38N2O5/c1-25-14-12-22(13-15-26-2)11-10-17-8-9-18(23)19(27-17)20(24)21-16-6-4-3-5-7-16/h16-19,23H,3-15H2,1-2H3,(H,21,24). The smallest absolute Gasteiger partial charge is 0.252 e. The third-order valence-corrected chi connectivity index (χ3v) is 5.67. The van der Waals surface area contributed by atoms with Crippen molar-refractivity contribution in [2.75, 3.05) is 47.1 Å². The molecule has 1 aliphatic carbocycles. The molecule has 7 heteroatoms. The summed E-state index contributed by atoms with van der Waals surface area (Å²) in [7, 11) is 3.41. The van der Waals surface area contributed by atoms with Crippen molar-refractivity contribution in [2.24, 2.45) is 0 Å². The zero-order valence-corrected chi connectivity index (χ0v) is 17.0. The molecule has 2 fully saturated rings. The number of hydrogen-bond acceptors (Lipinski definition) is 6. The molecule has 7 nitrogen and oxygen atoms in total. The minimum Gasteiger partial charge on any atom is -0.390 e. The topological polar surface area (TPSA) is 80.3 Å².